The smallest absolute Gasteiger partial charge is 0.411 e. The fraction of sp³-hybridized carbons (Fsp3) is 0.542. The molecule has 1 aromatic carbocycles. The lowest BCUT2D eigenvalue weighted by atomic mass is 9.88. The van der Waals surface area contributed by atoms with E-state index in [1.807, 2.05) is 0 Å². The van der Waals surface area contributed by atoms with E-state index in [9.17, 15) is 9.59 Å². The summed E-state index contributed by atoms with van der Waals surface area (Å²) in [6.07, 6.45) is 3.74. The third-order valence-corrected chi connectivity index (χ3v) is 6.28. The first-order chi connectivity index (χ1) is 15.2. The molecule has 0 bridgehead atoms. The fourth-order valence-corrected chi connectivity index (χ4v) is 4.18. The summed E-state index contributed by atoms with van der Waals surface area (Å²) in [6, 6.07) is 8.52. The summed E-state index contributed by atoms with van der Waals surface area (Å²) >= 11 is 0. The van der Waals surface area contributed by atoms with E-state index in [0.29, 0.717) is 22.9 Å². The summed E-state index contributed by atoms with van der Waals surface area (Å²) in [7, 11) is 1.31. The number of piperidine rings is 1. The summed E-state index contributed by atoms with van der Waals surface area (Å²) in [6.45, 7) is 9.07. The summed E-state index contributed by atoms with van der Waals surface area (Å²) in [5.41, 5.74) is 8.90. The van der Waals surface area contributed by atoms with E-state index in [2.05, 4.69) is 45.9 Å². The van der Waals surface area contributed by atoms with E-state index < -0.39 is 6.09 Å². The molecule has 0 spiro atoms. The molecule has 1 amide bonds. The van der Waals surface area contributed by atoms with Gasteiger partial charge in [0, 0.05) is 17.3 Å². The van der Waals surface area contributed by atoms with Gasteiger partial charge in [-0.05, 0) is 89.2 Å². The van der Waals surface area contributed by atoms with E-state index in [1.165, 1.54) is 20.0 Å². The summed E-state index contributed by atoms with van der Waals surface area (Å²) in [5, 5.41) is 9.37. The number of carbonyl (C=O) groups is 1. The highest BCUT2D eigenvalue weighted by Gasteiger charge is 2.27. The van der Waals surface area contributed by atoms with Crippen molar-refractivity contribution in [1.29, 1.82) is 0 Å². The number of amides is 1. The molecule has 8 heteroatoms. The molecule has 1 aliphatic heterocycles. The van der Waals surface area contributed by atoms with Crippen molar-refractivity contribution in [3.63, 3.8) is 0 Å². The average molecular weight is 442 g/mol. The minimum atomic E-state index is -0.545. The van der Waals surface area contributed by atoms with E-state index in [4.69, 9.17) is 5.73 Å². The maximum atomic E-state index is 12.4. The van der Waals surface area contributed by atoms with Gasteiger partial charge in [-0.2, -0.15) is 5.10 Å². The third-order valence-electron chi connectivity index (χ3n) is 6.28. The average Bonchev–Trinajstić information content (AvgIpc) is 2.78. The van der Waals surface area contributed by atoms with Crippen LogP contribution in [0, 0.1) is 5.92 Å². The zero-order valence-corrected chi connectivity index (χ0v) is 19.5. The summed E-state index contributed by atoms with van der Waals surface area (Å²) < 4.78 is 4.59. The second kappa shape index (κ2) is 10.3. The van der Waals surface area contributed by atoms with Crippen molar-refractivity contribution in [3.8, 4) is 11.1 Å². The molecule has 0 aliphatic carbocycles. The molecule has 1 aliphatic rings. The normalized spacial score (nSPS) is 16.5. The Bertz CT molecular complexity index is 957. The first-order valence-electron chi connectivity index (χ1n) is 11.2. The first kappa shape index (κ1) is 23.9. The van der Waals surface area contributed by atoms with Gasteiger partial charge < -0.3 is 10.5 Å². The van der Waals surface area contributed by atoms with Gasteiger partial charge in [-0.15, -0.1) is 0 Å². The van der Waals surface area contributed by atoms with Gasteiger partial charge in [-0.1, -0.05) is 12.1 Å². The van der Waals surface area contributed by atoms with Gasteiger partial charge in [0.1, 0.15) is 0 Å². The lowest BCUT2D eigenvalue weighted by Crippen LogP contribution is -2.46. The Morgan fingerprint density at radius 2 is 1.94 bits per heavy atom. The second-order valence-electron chi connectivity index (χ2n) is 9.51. The number of nitrogens with two attached hydrogens (primary N) is 1. The van der Waals surface area contributed by atoms with E-state index in [0.717, 1.165) is 31.5 Å². The third kappa shape index (κ3) is 6.17. The van der Waals surface area contributed by atoms with Crippen LogP contribution >= 0.6 is 0 Å². The van der Waals surface area contributed by atoms with Gasteiger partial charge in [0.25, 0.3) is 5.56 Å². The molecule has 0 saturated carbocycles. The van der Waals surface area contributed by atoms with Gasteiger partial charge in [-0.25, -0.2) is 9.89 Å². The molecule has 4 N–H and O–H groups in total. The van der Waals surface area contributed by atoms with Gasteiger partial charge >= 0.3 is 6.09 Å². The molecule has 2 heterocycles. The molecule has 32 heavy (non-hydrogen) atoms. The molecule has 1 fully saturated rings. The number of H-pyrrole nitrogens is 1. The van der Waals surface area contributed by atoms with E-state index in [-0.39, 0.29) is 17.1 Å². The molecular formula is C24H35N5O3. The largest absolute Gasteiger partial charge is 0.453 e. The highest BCUT2D eigenvalue weighted by atomic mass is 16.5. The highest BCUT2D eigenvalue weighted by Crippen LogP contribution is 2.29. The highest BCUT2D eigenvalue weighted by molar-refractivity contribution is 5.85. The fourth-order valence-electron chi connectivity index (χ4n) is 4.18. The van der Waals surface area contributed by atoms with Crippen LogP contribution in [0.2, 0.25) is 0 Å². The number of rotatable bonds is 6. The Hall–Kier alpha value is -2.71. The van der Waals surface area contributed by atoms with Crippen molar-refractivity contribution >= 4 is 11.8 Å². The summed E-state index contributed by atoms with van der Waals surface area (Å²) in [5.74, 6) is 0.678. The van der Waals surface area contributed by atoms with Crippen LogP contribution in [-0.2, 0) is 4.74 Å². The van der Waals surface area contributed by atoms with Crippen LogP contribution in [0.4, 0.5) is 10.5 Å². The minimum absolute atomic E-state index is 0.227. The first-order valence-corrected chi connectivity index (χ1v) is 11.2. The predicted molar refractivity (Wildman–Crippen MR) is 127 cm³/mol. The Kier molecular flexibility index (Phi) is 7.69. The van der Waals surface area contributed by atoms with Gasteiger partial charge in [0.2, 0.25) is 0 Å². The minimum Gasteiger partial charge on any atom is -0.453 e. The van der Waals surface area contributed by atoms with Crippen LogP contribution in [-0.4, -0.2) is 46.9 Å². The van der Waals surface area contributed by atoms with Crippen LogP contribution in [0.5, 0.6) is 0 Å². The number of hydrogen-bond acceptors (Lipinski definition) is 6. The van der Waals surface area contributed by atoms with Crippen molar-refractivity contribution in [2.75, 3.05) is 25.5 Å². The number of benzene rings is 1. The number of ether oxygens (including phenoxy) is 1. The van der Waals surface area contributed by atoms with Crippen LogP contribution in [0.1, 0.15) is 58.2 Å². The van der Waals surface area contributed by atoms with Crippen molar-refractivity contribution in [1.82, 2.24) is 15.1 Å². The number of aromatic nitrogens is 2. The van der Waals surface area contributed by atoms with Crippen LogP contribution < -0.4 is 16.6 Å². The maximum absolute atomic E-state index is 12.4. The van der Waals surface area contributed by atoms with E-state index >= 15 is 0 Å². The molecule has 1 aromatic heterocycles. The quantitative estimate of drug-likeness (QED) is 0.626. The number of nitrogens with zero attached hydrogens (tertiary/aromatic N) is 2. The number of carbonyl (C=O) groups excluding carboxylic acids is 1. The van der Waals surface area contributed by atoms with Gasteiger partial charge in [0.05, 0.1) is 18.4 Å². The lowest BCUT2D eigenvalue weighted by Gasteiger charge is -2.41. The Morgan fingerprint density at radius 3 is 2.53 bits per heavy atom. The SMILES string of the molecule is COC(=O)Nc1ccc(-c2cc([C@@H](N)CCC3CCN(C(C)(C)C)CC3)n[nH]c2=O)cc1. The predicted octanol–water partition coefficient (Wildman–Crippen LogP) is 3.91. The Morgan fingerprint density at radius 1 is 1.28 bits per heavy atom. The zero-order valence-electron chi connectivity index (χ0n) is 19.5. The molecule has 3 rings (SSSR count). The summed E-state index contributed by atoms with van der Waals surface area (Å²) in [4.78, 5) is 26.2. The number of hydrogen-bond donors (Lipinski definition) is 3. The molecule has 0 radical (unpaired) electrons. The van der Waals surface area contributed by atoms with Crippen molar-refractivity contribution < 1.29 is 9.53 Å². The number of anilines is 1. The molecule has 174 valence electrons. The molecule has 8 nitrogen and oxygen atoms in total. The van der Waals surface area contributed by atoms with Gasteiger partial charge in [0.15, 0.2) is 0 Å². The Labute approximate surface area is 189 Å². The monoisotopic (exact) mass is 441 g/mol. The van der Waals surface area contributed by atoms with Crippen molar-refractivity contribution in [2.45, 2.75) is 58.0 Å². The Balaban J connectivity index is 1.61. The zero-order chi connectivity index (χ0) is 23.3. The number of likely N-dealkylation sites (tertiary alicyclic amines) is 1. The topological polar surface area (TPSA) is 113 Å². The number of methoxy groups -OCH3 is 1. The van der Waals surface area contributed by atoms with Gasteiger partial charge in [-0.3, -0.25) is 15.0 Å². The van der Waals surface area contributed by atoms with Crippen LogP contribution in [0.3, 0.4) is 0 Å². The van der Waals surface area contributed by atoms with Crippen molar-refractivity contribution in [3.05, 3.63) is 46.4 Å². The second-order valence-corrected chi connectivity index (χ2v) is 9.51. The maximum Gasteiger partial charge on any atom is 0.411 e. The molecule has 0 unspecified atom stereocenters. The number of aromatic amines is 1. The molecule has 1 saturated heterocycles. The standard InChI is InChI=1S/C24H35N5O3/c1-24(2,3)29-13-11-16(12-14-29)5-10-20(25)21-15-19(22(30)28-27-21)17-6-8-18(9-7-17)26-23(31)32-4/h6-9,15-16,20H,5,10-14,25H2,1-4H3,(H,26,31)(H,28,30)/t20-/m0/s1. The lowest BCUT2D eigenvalue weighted by molar-refractivity contribution is 0.0843. The van der Waals surface area contributed by atoms with Crippen LogP contribution in [0.25, 0.3) is 11.1 Å². The van der Waals surface area contributed by atoms with Crippen LogP contribution in [0.15, 0.2) is 35.1 Å². The molecule has 2 aromatic rings. The van der Waals surface area contributed by atoms with E-state index in [1.54, 1.807) is 30.3 Å². The molecule has 1 atom stereocenters. The van der Waals surface area contributed by atoms with Crippen molar-refractivity contribution in [2.24, 2.45) is 11.7 Å². The molecular weight excluding hydrogens is 406 g/mol. The number of nitrogens with one attached hydrogen (secondary N) is 2.